The summed E-state index contributed by atoms with van der Waals surface area (Å²) in [6, 6.07) is 15.8. The minimum absolute atomic E-state index is 0.113. The van der Waals surface area contributed by atoms with Crippen LogP contribution >= 0.6 is 11.3 Å². The Morgan fingerprint density at radius 3 is 2.27 bits per heavy atom. The van der Waals surface area contributed by atoms with Crippen LogP contribution in [0.2, 0.25) is 0 Å². The van der Waals surface area contributed by atoms with E-state index in [0.29, 0.717) is 5.56 Å². The first-order chi connectivity index (χ1) is 12.3. The molecule has 0 saturated carbocycles. The second kappa shape index (κ2) is 7.20. The van der Waals surface area contributed by atoms with E-state index in [0.717, 1.165) is 11.3 Å². The van der Waals surface area contributed by atoms with Gasteiger partial charge < -0.3 is 4.74 Å². The average molecular weight is 387 g/mol. The summed E-state index contributed by atoms with van der Waals surface area (Å²) >= 11 is 0.980. The molecule has 0 aliphatic rings. The Labute approximate surface area is 153 Å². The summed E-state index contributed by atoms with van der Waals surface area (Å²) in [7, 11) is -3.86. The zero-order valence-electron chi connectivity index (χ0n) is 13.3. The third kappa shape index (κ3) is 4.05. The standard InChI is InChI=1S/C18H13NO5S2/c19-26(22,23)15-10-16(25-11-15)17(20)13-7-4-8-14(9-13)24-18(21)12-5-2-1-3-6-12/h1-11H,(H2,19,22,23). The SMILES string of the molecule is NS(=O)(=O)c1csc(C(=O)c2cccc(OC(=O)c3ccccc3)c2)c1. The van der Waals surface area contributed by atoms with Crippen LogP contribution < -0.4 is 9.88 Å². The number of nitrogens with two attached hydrogens (primary N) is 1. The maximum atomic E-state index is 12.5. The molecule has 6 nitrogen and oxygen atoms in total. The van der Waals surface area contributed by atoms with Crippen LogP contribution in [0.4, 0.5) is 0 Å². The van der Waals surface area contributed by atoms with E-state index in [1.165, 1.54) is 17.5 Å². The summed E-state index contributed by atoms with van der Waals surface area (Å²) < 4.78 is 27.9. The molecule has 0 bridgehead atoms. The molecule has 2 N–H and O–H groups in total. The molecule has 26 heavy (non-hydrogen) atoms. The Hall–Kier alpha value is -2.81. The average Bonchev–Trinajstić information content (AvgIpc) is 3.12. The van der Waals surface area contributed by atoms with Crippen molar-refractivity contribution in [2.45, 2.75) is 4.90 Å². The number of ether oxygens (including phenoxy) is 1. The molecule has 0 spiro atoms. The van der Waals surface area contributed by atoms with E-state index >= 15 is 0 Å². The van der Waals surface area contributed by atoms with Gasteiger partial charge in [0.15, 0.2) is 0 Å². The van der Waals surface area contributed by atoms with Crippen LogP contribution in [0.25, 0.3) is 0 Å². The summed E-state index contributed by atoms with van der Waals surface area (Å²) in [4.78, 5) is 24.7. The van der Waals surface area contributed by atoms with Crippen molar-refractivity contribution in [3.8, 4) is 5.75 Å². The van der Waals surface area contributed by atoms with E-state index in [1.54, 1.807) is 48.5 Å². The fourth-order valence-corrected chi connectivity index (χ4v) is 3.94. The first-order valence-corrected chi connectivity index (χ1v) is 9.80. The molecule has 0 atom stereocenters. The number of primary sulfonamides is 1. The molecular weight excluding hydrogens is 374 g/mol. The lowest BCUT2D eigenvalue weighted by molar-refractivity contribution is 0.0734. The second-order valence-corrected chi connectivity index (χ2v) is 7.78. The zero-order chi connectivity index (χ0) is 18.7. The van der Waals surface area contributed by atoms with Gasteiger partial charge in [0.1, 0.15) is 5.75 Å². The molecule has 3 rings (SSSR count). The number of carbonyl (C=O) groups is 2. The number of hydrogen-bond donors (Lipinski definition) is 1. The van der Waals surface area contributed by atoms with E-state index < -0.39 is 16.0 Å². The molecule has 132 valence electrons. The molecule has 0 unspecified atom stereocenters. The molecular formula is C18H13NO5S2. The number of thiophene rings is 1. The fourth-order valence-electron chi connectivity index (χ4n) is 2.17. The highest BCUT2D eigenvalue weighted by Crippen LogP contribution is 2.23. The highest BCUT2D eigenvalue weighted by molar-refractivity contribution is 7.89. The Morgan fingerprint density at radius 1 is 0.923 bits per heavy atom. The van der Waals surface area contributed by atoms with Crippen molar-refractivity contribution in [3.63, 3.8) is 0 Å². The molecule has 0 aliphatic carbocycles. The predicted molar refractivity (Wildman–Crippen MR) is 97.0 cm³/mol. The number of hydrogen-bond acceptors (Lipinski definition) is 6. The Morgan fingerprint density at radius 2 is 1.62 bits per heavy atom. The van der Waals surface area contributed by atoms with Gasteiger partial charge in [-0.15, -0.1) is 11.3 Å². The highest BCUT2D eigenvalue weighted by Gasteiger charge is 2.17. The fraction of sp³-hybridized carbons (Fsp3) is 0. The van der Waals surface area contributed by atoms with E-state index in [9.17, 15) is 18.0 Å². The van der Waals surface area contributed by atoms with Crippen molar-refractivity contribution in [1.82, 2.24) is 0 Å². The molecule has 0 fully saturated rings. The van der Waals surface area contributed by atoms with Crippen LogP contribution in [-0.2, 0) is 10.0 Å². The minimum Gasteiger partial charge on any atom is -0.423 e. The van der Waals surface area contributed by atoms with E-state index in [-0.39, 0.29) is 26.9 Å². The third-order valence-corrected chi connectivity index (χ3v) is 5.41. The number of sulfonamides is 1. The van der Waals surface area contributed by atoms with Gasteiger partial charge in [0.2, 0.25) is 15.8 Å². The summed E-state index contributed by atoms with van der Waals surface area (Å²) in [5.41, 5.74) is 0.659. The van der Waals surface area contributed by atoms with Gasteiger partial charge in [-0.2, -0.15) is 0 Å². The summed E-state index contributed by atoms with van der Waals surface area (Å²) in [6.07, 6.45) is 0. The van der Waals surface area contributed by atoms with Crippen LogP contribution in [-0.4, -0.2) is 20.2 Å². The largest absolute Gasteiger partial charge is 0.423 e. The van der Waals surface area contributed by atoms with Gasteiger partial charge in [-0.25, -0.2) is 18.4 Å². The van der Waals surface area contributed by atoms with Crippen molar-refractivity contribution in [3.05, 3.63) is 82.0 Å². The lowest BCUT2D eigenvalue weighted by atomic mass is 10.1. The Bertz CT molecular complexity index is 1070. The Kier molecular flexibility index (Phi) is 4.99. The van der Waals surface area contributed by atoms with Crippen LogP contribution in [0.3, 0.4) is 0 Å². The quantitative estimate of drug-likeness (QED) is 0.412. The number of ketones is 1. The second-order valence-electron chi connectivity index (χ2n) is 5.30. The van der Waals surface area contributed by atoms with Crippen molar-refractivity contribution in [1.29, 1.82) is 0 Å². The predicted octanol–water partition coefficient (Wildman–Crippen LogP) is 2.85. The number of carbonyl (C=O) groups excluding carboxylic acids is 2. The van der Waals surface area contributed by atoms with E-state index in [1.807, 2.05) is 0 Å². The van der Waals surface area contributed by atoms with Gasteiger partial charge in [-0.3, -0.25) is 4.79 Å². The molecule has 1 heterocycles. The highest BCUT2D eigenvalue weighted by atomic mass is 32.2. The first-order valence-electron chi connectivity index (χ1n) is 7.38. The van der Waals surface area contributed by atoms with Crippen LogP contribution in [0.15, 0.2) is 70.9 Å². The number of esters is 1. The van der Waals surface area contributed by atoms with Crippen LogP contribution in [0, 0.1) is 0 Å². The van der Waals surface area contributed by atoms with Gasteiger partial charge in [0.05, 0.1) is 15.3 Å². The zero-order valence-corrected chi connectivity index (χ0v) is 14.9. The molecule has 0 saturated heterocycles. The van der Waals surface area contributed by atoms with Crippen molar-refractivity contribution in [2.75, 3.05) is 0 Å². The van der Waals surface area contributed by atoms with Crippen molar-refractivity contribution in [2.24, 2.45) is 5.14 Å². The maximum Gasteiger partial charge on any atom is 0.343 e. The van der Waals surface area contributed by atoms with Gasteiger partial charge in [0.25, 0.3) is 0 Å². The van der Waals surface area contributed by atoms with Gasteiger partial charge in [-0.1, -0.05) is 30.3 Å². The third-order valence-electron chi connectivity index (χ3n) is 3.44. The molecule has 8 heteroatoms. The molecule has 3 aromatic rings. The van der Waals surface area contributed by atoms with E-state index in [2.05, 4.69) is 0 Å². The summed E-state index contributed by atoms with van der Waals surface area (Å²) in [6.45, 7) is 0. The molecule has 1 aromatic heterocycles. The smallest absolute Gasteiger partial charge is 0.343 e. The molecule has 2 aromatic carbocycles. The lowest BCUT2D eigenvalue weighted by Crippen LogP contribution is -2.11. The first kappa shape index (κ1) is 18.0. The molecule has 0 radical (unpaired) electrons. The van der Waals surface area contributed by atoms with Crippen LogP contribution in [0.5, 0.6) is 5.75 Å². The van der Waals surface area contributed by atoms with Gasteiger partial charge in [0, 0.05) is 10.9 Å². The molecule has 0 amide bonds. The van der Waals surface area contributed by atoms with Crippen LogP contribution in [0.1, 0.15) is 25.6 Å². The number of rotatable bonds is 5. The van der Waals surface area contributed by atoms with Gasteiger partial charge in [-0.05, 0) is 30.3 Å². The normalized spacial score (nSPS) is 11.1. The summed E-state index contributed by atoms with van der Waals surface area (Å²) in [5, 5.41) is 6.36. The monoisotopic (exact) mass is 387 g/mol. The van der Waals surface area contributed by atoms with Crippen molar-refractivity contribution < 1.29 is 22.7 Å². The molecule has 0 aliphatic heterocycles. The maximum absolute atomic E-state index is 12.5. The topological polar surface area (TPSA) is 104 Å². The minimum atomic E-state index is -3.86. The summed E-state index contributed by atoms with van der Waals surface area (Å²) in [5.74, 6) is -0.710. The lowest BCUT2D eigenvalue weighted by Gasteiger charge is -2.06. The Balaban J connectivity index is 1.82. The van der Waals surface area contributed by atoms with Gasteiger partial charge >= 0.3 is 5.97 Å². The van der Waals surface area contributed by atoms with E-state index in [4.69, 9.17) is 9.88 Å². The number of benzene rings is 2. The van der Waals surface area contributed by atoms with Crippen molar-refractivity contribution >= 4 is 33.1 Å².